The first-order chi connectivity index (χ1) is 17.2. The predicted molar refractivity (Wildman–Crippen MR) is 138 cm³/mol. The Balaban J connectivity index is 1.49. The number of aryl methyl sites for hydroxylation is 1. The minimum Gasteiger partial charge on any atom is -0.342 e. The van der Waals surface area contributed by atoms with Crippen molar-refractivity contribution in [2.24, 2.45) is 5.92 Å². The van der Waals surface area contributed by atoms with Gasteiger partial charge in [-0.05, 0) is 69.7 Å². The fourth-order valence-corrected chi connectivity index (χ4v) is 5.69. The molecule has 2 aliphatic heterocycles. The Kier molecular flexibility index (Phi) is 7.83. The van der Waals surface area contributed by atoms with Gasteiger partial charge in [-0.25, -0.2) is 9.07 Å². The van der Waals surface area contributed by atoms with E-state index in [0.717, 1.165) is 55.1 Å². The Morgan fingerprint density at radius 1 is 1.14 bits per heavy atom. The van der Waals surface area contributed by atoms with Crippen LogP contribution in [-0.4, -0.2) is 62.6 Å². The maximum atomic E-state index is 13.5. The van der Waals surface area contributed by atoms with E-state index < -0.39 is 11.6 Å². The number of likely N-dealkylation sites (tertiary alicyclic amines) is 1. The van der Waals surface area contributed by atoms with Crippen LogP contribution in [0, 0.1) is 25.6 Å². The molecule has 0 saturated carbocycles. The number of benzene rings is 1. The molecule has 2 aromatic rings. The van der Waals surface area contributed by atoms with Gasteiger partial charge in [0.25, 0.3) is 0 Å². The zero-order valence-corrected chi connectivity index (χ0v) is 22.3. The number of nitrogens with one attached hydrogen (secondary N) is 1. The summed E-state index contributed by atoms with van der Waals surface area (Å²) in [5, 5.41) is 7.79. The highest BCUT2D eigenvalue weighted by molar-refractivity contribution is 6.00. The van der Waals surface area contributed by atoms with Crippen molar-refractivity contribution in [3.05, 3.63) is 47.0 Å². The van der Waals surface area contributed by atoms with Crippen molar-refractivity contribution >= 4 is 11.8 Å². The third kappa shape index (κ3) is 5.05. The van der Waals surface area contributed by atoms with E-state index in [1.807, 2.05) is 23.4 Å². The summed E-state index contributed by atoms with van der Waals surface area (Å²) in [7, 11) is 0. The first-order valence-electron chi connectivity index (χ1n) is 13.3. The Morgan fingerprint density at radius 3 is 2.42 bits per heavy atom. The van der Waals surface area contributed by atoms with Crippen molar-refractivity contribution in [1.29, 1.82) is 0 Å². The fourth-order valence-electron chi connectivity index (χ4n) is 5.69. The molecule has 1 aromatic carbocycles. The number of hydrogen-bond donors (Lipinski definition) is 1. The number of hydrogen-bond acceptors (Lipinski definition) is 4. The highest BCUT2D eigenvalue weighted by atomic mass is 19.1. The molecule has 8 heteroatoms. The number of carbonyl (C=O) groups is 2. The summed E-state index contributed by atoms with van der Waals surface area (Å²) in [4.78, 5) is 31.2. The van der Waals surface area contributed by atoms with Gasteiger partial charge < -0.3 is 10.2 Å². The summed E-state index contributed by atoms with van der Waals surface area (Å²) in [6.07, 6.45) is 3.82. The number of unbranched alkanes of at least 4 members (excludes halogenated alkanes) is 1. The van der Waals surface area contributed by atoms with Crippen molar-refractivity contribution in [2.75, 3.05) is 19.6 Å². The molecule has 2 fully saturated rings. The molecule has 2 amide bonds. The number of rotatable bonds is 8. The zero-order chi connectivity index (χ0) is 26.0. The van der Waals surface area contributed by atoms with Crippen LogP contribution in [0.4, 0.5) is 4.39 Å². The van der Waals surface area contributed by atoms with E-state index in [4.69, 9.17) is 5.10 Å². The molecule has 0 aliphatic carbocycles. The molecule has 1 spiro atoms. The third-order valence-electron chi connectivity index (χ3n) is 7.83. The van der Waals surface area contributed by atoms with Crippen molar-refractivity contribution in [3.63, 3.8) is 0 Å². The predicted octanol–water partition coefficient (Wildman–Crippen LogP) is 4.14. The van der Waals surface area contributed by atoms with E-state index in [2.05, 4.69) is 31.0 Å². The molecule has 196 valence electrons. The molecular formula is C28H40FN5O2. The summed E-state index contributed by atoms with van der Waals surface area (Å²) in [6.45, 7) is 13.2. The quantitative estimate of drug-likeness (QED) is 0.595. The number of halogens is 1. The van der Waals surface area contributed by atoms with Crippen LogP contribution >= 0.6 is 0 Å². The largest absolute Gasteiger partial charge is 0.342 e. The Hall–Kier alpha value is -2.74. The Labute approximate surface area is 214 Å². The van der Waals surface area contributed by atoms with E-state index in [1.54, 1.807) is 12.1 Å². The molecule has 1 unspecified atom stereocenters. The van der Waals surface area contributed by atoms with Gasteiger partial charge in [0.1, 0.15) is 17.4 Å². The van der Waals surface area contributed by atoms with Gasteiger partial charge in [-0.1, -0.05) is 27.2 Å². The van der Waals surface area contributed by atoms with E-state index in [1.165, 1.54) is 12.1 Å². The van der Waals surface area contributed by atoms with E-state index in [-0.39, 0.29) is 17.6 Å². The summed E-state index contributed by atoms with van der Waals surface area (Å²) < 4.78 is 15.2. The van der Waals surface area contributed by atoms with Gasteiger partial charge in [-0.2, -0.15) is 5.10 Å². The van der Waals surface area contributed by atoms with Crippen LogP contribution in [0.5, 0.6) is 0 Å². The average molecular weight is 498 g/mol. The van der Waals surface area contributed by atoms with Gasteiger partial charge in [0, 0.05) is 37.4 Å². The molecule has 0 radical (unpaired) electrons. The summed E-state index contributed by atoms with van der Waals surface area (Å²) >= 11 is 0. The number of nitrogens with zero attached hydrogens (tertiary/aromatic N) is 4. The molecule has 7 nitrogen and oxygen atoms in total. The lowest BCUT2D eigenvalue weighted by Gasteiger charge is -2.52. The molecule has 2 saturated heterocycles. The van der Waals surface area contributed by atoms with Gasteiger partial charge in [-0.3, -0.25) is 14.5 Å². The van der Waals surface area contributed by atoms with Crippen molar-refractivity contribution in [2.45, 2.75) is 84.8 Å². The molecule has 1 aromatic heterocycles. The average Bonchev–Trinajstić information content (AvgIpc) is 3.12. The number of piperazine rings is 1. The molecule has 1 atom stereocenters. The minimum absolute atomic E-state index is 0.0139. The SMILES string of the molecule is CCCCN1C(=O)C(CC(C)C)NC(=O)C12CCN(Cc1c(C)nn(-c3ccc(F)cc3)c1C)CC2. The van der Waals surface area contributed by atoms with Gasteiger partial charge in [0.15, 0.2) is 0 Å². The molecule has 0 bridgehead atoms. The highest BCUT2D eigenvalue weighted by Crippen LogP contribution is 2.35. The normalized spacial score (nSPS) is 20.4. The van der Waals surface area contributed by atoms with E-state index in [9.17, 15) is 14.0 Å². The van der Waals surface area contributed by atoms with Gasteiger partial charge >= 0.3 is 0 Å². The second kappa shape index (κ2) is 10.7. The molecular weight excluding hydrogens is 457 g/mol. The summed E-state index contributed by atoms with van der Waals surface area (Å²) in [5.41, 5.74) is 3.22. The fraction of sp³-hybridized carbons (Fsp3) is 0.607. The smallest absolute Gasteiger partial charge is 0.246 e. The molecule has 3 heterocycles. The number of aromatic nitrogens is 2. The van der Waals surface area contributed by atoms with Crippen LogP contribution in [0.1, 0.15) is 69.8 Å². The Bertz CT molecular complexity index is 1090. The van der Waals surface area contributed by atoms with Crippen LogP contribution in [-0.2, 0) is 16.1 Å². The lowest BCUT2D eigenvalue weighted by Crippen LogP contribution is -2.73. The second-order valence-electron chi connectivity index (χ2n) is 10.8. The summed E-state index contributed by atoms with van der Waals surface area (Å²) in [6, 6.07) is 5.95. The second-order valence-corrected chi connectivity index (χ2v) is 10.8. The lowest BCUT2D eigenvalue weighted by atomic mass is 9.80. The van der Waals surface area contributed by atoms with Gasteiger partial charge in [-0.15, -0.1) is 0 Å². The number of amides is 2. The van der Waals surface area contributed by atoms with E-state index in [0.29, 0.717) is 31.7 Å². The maximum absolute atomic E-state index is 13.5. The number of carbonyl (C=O) groups excluding carboxylic acids is 2. The van der Waals surface area contributed by atoms with Crippen LogP contribution in [0.3, 0.4) is 0 Å². The molecule has 4 rings (SSSR count). The maximum Gasteiger partial charge on any atom is 0.246 e. The number of piperidine rings is 1. The van der Waals surface area contributed by atoms with Crippen molar-refractivity contribution in [1.82, 2.24) is 24.9 Å². The van der Waals surface area contributed by atoms with Crippen molar-refractivity contribution in [3.8, 4) is 5.69 Å². The first-order valence-corrected chi connectivity index (χ1v) is 13.3. The molecule has 2 aliphatic rings. The van der Waals surface area contributed by atoms with Gasteiger partial charge in [0.2, 0.25) is 11.8 Å². The topological polar surface area (TPSA) is 70.5 Å². The third-order valence-corrected chi connectivity index (χ3v) is 7.83. The van der Waals surface area contributed by atoms with Crippen LogP contribution in [0.25, 0.3) is 5.69 Å². The van der Waals surface area contributed by atoms with E-state index >= 15 is 0 Å². The molecule has 1 N–H and O–H groups in total. The van der Waals surface area contributed by atoms with Crippen LogP contribution in [0.2, 0.25) is 0 Å². The standard InChI is InChI=1S/C28H40FN5O2/c1-6-7-14-33-26(35)25(17-19(2)3)30-27(36)28(33)12-15-32(16-13-28)18-24-20(4)31-34(21(24)5)23-10-8-22(29)9-11-23/h8-11,19,25H,6-7,12-18H2,1-5H3,(H,30,36). The first kappa shape index (κ1) is 26.3. The monoisotopic (exact) mass is 497 g/mol. The Morgan fingerprint density at radius 2 is 1.81 bits per heavy atom. The van der Waals surface area contributed by atoms with Crippen molar-refractivity contribution < 1.29 is 14.0 Å². The summed E-state index contributed by atoms with van der Waals surface area (Å²) in [5.74, 6) is 0.166. The lowest BCUT2D eigenvalue weighted by molar-refractivity contribution is -0.161. The van der Waals surface area contributed by atoms with Gasteiger partial charge in [0.05, 0.1) is 11.4 Å². The zero-order valence-electron chi connectivity index (χ0n) is 22.3. The molecule has 36 heavy (non-hydrogen) atoms. The van der Waals surface area contributed by atoms with Crippen LogP contribution < -0.4 is 5.32 Å². The van der Waals surface area contributed by atoms with Crippen LogP contribution in [0.15, 0.2) is 24.3 Å². The minimum atomic E-state index is -0.751. The highest BCUT2D eigenvalue weighted by Gasteiger charge is 2.53.